The number of likely N-dealkylation sites (tertiary alicyclic amines) is 1. The highest BCUT2D eigenvalue weighted by Gasteiger charge is 2.34. The predicted molar refractivity (Wildman–Crippen MR) is 125 cm³/mol. The third kappa shape index (κ3) is 5.68. The lowest BCUT2D eigenvalue weighted by Crippen LogP contribution is -2.45. The molecule has 172 valence electrons. The Bertz CT molecular complexity index is 1060. The van der Waals surface area contributed by atoms with E-state index in [0.717, 1.165) is 18.4 Å². The van der Waals surface area contributed by atoms with Crippen LogP contribution in [0.1, 0.15) is 49.5 Å². The van der Waals surface area contributed by atoms with Crippen molar-refractivity contribution in [1.82, 2.24) is 10.2 Å². The van der Waals surface area contributed by atoms with Gasteiger partial charge in [-0.25, -0.2) is 8.42 Å². The van der Waals surface area contributed by atoms with Gasteiger partial charge in [-0.1, -0.05) is 32.0 Å². The zero-order chi connectivity index (χ0) is 23.3. The van der Waals surface area contributed by atoms with E-state index in [2.05, 4.69) is 23.9 Å². The molecule has 0 radical (unpaired) electrons. The summed E-state index contributed by atoms with van der Waals surface area (Å²) in [6, 6.07) is 12.7. The van der Waals surface area contributed by atoms with E-state index in [-0.39, 0.29) is 16.7 Å². The van der Waals surface area contributed by atoms with Gasteiger partial charge in [0.25, 0.3) is 15.9 Å². The van der Waals surface area contributed by atoms with Gasteiger partial charge in [-0.05, 0) is 68.0 Å². The van der Waals surface area contributed by atoms with Crippen LogP contribution in [0, 0.1) is 5.92 Å². The van der Waals surface area contributed by atoms with Crippen LogP contribution >= 0.6 is 0 Å². The lowest BCUT2D eigenvalue weighted by Gasteiger charge is -2.24. The molecule has 8 heteroatoms. The molecule has 1 aliphatic rings. The Morgan fingerprint density at radius 3 is 2.50 bits per heavy atom. The quantitative estimate of drug-likeness (QED) is 0.635. The van der Waals surface area contributed by atoms with E-state index in [9.17, 15) is 18.0 Å². The second-order valence-electron chi connectivity index (χ2n) is 8.48. The van der Waals surface area contributed by atoms with Crippen LogP contribution in [0.5, 0.6) is 0 Å². The normalized spacial score (nSPS) is 16.2. The summed E-state index contributed by atoms with van der Waals surface area (Å²) in [5, 5.41) is 2.77. The molecule has 2 aromatic carbocycles. The number of carbonyl (C=O) groups is 2. The lowest BCUT2D eigenvalue weighted by molar-refractivity contribution is -0.124. The van der Waals surface area contributed by atoms with Gasteiger partial charge in [0.05, 0.1) is 4.90 Å². The van der Waals surface area contributed by atoms with Gasteiger partial charge in [-0.2, -0.15) is 0 Å². The second-order valence-corrected chi connectivity index (χ2v) is 10.2. The van der Waals surface area contributed by atoms with Crippen molar-refractivity contribution in [2.45, 2.75) is 51.0 Å². The zero-order valence-corrected chi connectivity index (χ0v) is 19.6. The Kier molecular flexibility index (Phi) is 7.56. The zero-order valence-electron chi connectivity index (χ0n) is 18.8. The summed E-state index contributed by atoms with van der Waals surface area (Å²) in [4.78, 5) is 27.1. The summed E-state index contributed by atoms with van der Waals surface area (Å²) >= 11 is 0. The maximum Gasteiger partial charge on any atom is 0.261 e. The SMILES string of the molecule is CCNC(=O)C1CCCN1C(=O)c1cccc(NS(=O)(=O)c2ccc(CC(C)C)cc2)c1. The van der Waals surface area contributed by atoms with Crippen LogP contribution < -0.4 is 10.0 Å². The first kappa shape index (κ1) is 23.8. The first-order valence-corrected chi connectivity index (χ1v) is 12.5. The molecule has 1 atom stereocenters. The Balaban J connectivity index is 1.75. The Labute approximate surface area is 190 Å². The number of anilines is 1. The lowest BCUT2D eigenvalue weighted by atomic mass is 10.0. The molecular formula is C24H31N3O4S. The number of hydrogen-bond donors (Lipinski definition) is 2. The van der Waals surface area contributed by atoms with Gasteiger partial charge in [0.15, 0.2) is 0 Å². The van der Waals surface area contributed by atoms with Gasteiger partial charge < -0.3 is 10.2 Å². The molecule has 2 amide bonds. The summed E-state index contributed by atoms with van der Waals surface area (Å²) in [5.74, 6) is 0.0491. The minimum Gasteiger partial charge on any atom is -0.355 e. The van der Waals surface area contributed by atoms with Gasteiger partial charge in [0.2, 0.25) is 5.91 Å². The van der Waals surface area contributed by atoms with Crippen molar-refractivity contribution in [3.05, 3.63) is 59.7 Å². The average molecular weight is 458 g/mol. The molecular weight excluding hydrogens is 426 g/mol. The molecule has 0 aromatic heterocycles. The molecule has 2 aromatic rings. The summed E-state index contributed by atoms with van der Waals surface area (Å²) < 4.78 is 28.2. The number of nitrogens with zero attached hydrogens (tertiary/aromatic N) is 1. The van der Waals surface area contributed by atoms with Crippen molar-refractivity contribution in [2.24, 2.45) is 5.92 Å². The number of benzene rings is 2. The molecule has 0 aliphatic carbocycles. The number of likely N-dealkylation sites (N-methyl/N-ethyl adjacent to an activating group) is 1. The highest BCUT2D eigenvalue weighted by molar-refractivity contribution is 7.92. The van der Waals surface area contributed by atoms with Gasteiger partial charge in [0, 0.05) is 24.3 Å². The number of sulfonamides is 1. The number of hydrogen-bond acceptors (Lipinski definition) is 4. The third-order valence-corrected chi connectivity index (χ3v) is 6.80. The van der Waals surface area contributed by atoms with E-state index in [1.165, 1.54) is 6.07 Å². The molecule has 1 saturated heterocycles. The van der Waals surface area contributed by atoms with Crippen LogP contribution in [-0.4, -0.2) is 44.3 Å². The maximum atomic E-state index is 13.0. The molecule has 1 heterocycles. The Morgan fingerprint density at radius 2 is 1.84 bits per heavy atom. The highest BCUT2D eigenvalue weighted by atomic mass is 32.2. The minimum absolute atomic E-state index is 0.156. The fourth-order valence-corrected chi connectivity index (χ4v) is 5.00. The first-order chi connectivity index (χ1) is 15.2. The molecule has 0 saturated carbocycles. The highest BCUT2D eigenvalue weighted by Crippen LogP contribution is 2.23. The molecule has 1 unspecified atom stereocenters. The molecule has 1 aliphatic heterocycles. The second kappa shape index (κ2) is 10.2. The van der Waals surface area contributed by atoms with Crippen molar-refractivity contribution < 1.29 is 18.0 Å². The molecule has 0 spiro atoms. The Hall–Kier alpha value is -2.87. The van der Waals surface area contributed by atoms with Crippen molar-refractivity contribution in [3.8, 4) is 0 Å². The summed E-state index contributed by atoms with van der Waals surface area (Å²) in [6.45, 7) is 7.07. The van der Waals surface area contributed by atoms with Crippen LogP contribution in [0.3, 0.4) is 0 Å². The van der Waals surface area contributed by atoms with E-state index in [0.29, 0.717) is 36.7 Å². The number of rotatable bonds is 8. The predicted octanol–water partition coefficient (Wildman–Crippen LogP) is 3.43. The van der Waals surface area contributed by atoms with Gasteiger partial charge in [-0.3, -0.25) is 14.3 Å². The number of nitrogens with one attached hydrogen (secondary N) is 2. The van der Waals surface area contributed by atoms with Crippen molar-refractivity contribution in [3.63, 3.8) is 0 Å². The smallest absolute Gasteiger partial charge is 0.261 e. The molecule has 2 N–H and O–H groups in total. The largest absolute Gasteiger partial charge is 0.355 e. The first-order valence-electron chi connectivity index (χ1n) is 11.0. The van der Waals surface area contributed by atoms with Crippen LogP contribution in [0.25, 0.3) is 0 Å². The fraction of sp³-hybridized carbons (Fsp3) is 0.417. The summed E-state index contributed by atoms with van der Waals surface area (Å²) in [7, 11) is -3.79. The van der Waals surface area contributed by atoms with E-state index in [1.807, 2.05) is 19.1 Å². The van der Waals surface area contributed by atoms with Gasteiger partial charge in [0.1, 0.15) is 6.04 Å². The van der Waals surface area contributed by atoms with Crippen LogP contribution in [0.2, 0.25) is 0 Å². The molecule has 7 nitrogen and oxygen atoms in total. The van der Waals surface area contributed by atoms with E-state index < -0.39 is 16.1 Å². The van der Waals surface area contributed by atoms with E-state index in [1.54, 1.807) is 35.2 Å². The molecule has 32 heavy (non-hydrogen) atoms. The molecule has 0 bridgehead atoms. The Morgan fingerprint density at radius 1 is 1.12 bits per heavy atom. The van der Waals surface area contributed by atoms with Gasteiger partial charge >= 0.3 is 0 Å². The van der Waals surface area contributed by atoms with E-state index in [4.69, 9.17) is 0 Å². The molecule has 1 fully saturated rings. The monoisotopic (exact) mass is 457 g/mol. The van der Waals surface area contributed by atoms with Crippen LogP contribution in [0.4, 0.5) is 5.69 Å². The standard InChI is InChI=1S/C24H31N3O4S/c1-4-25-23(28)22-9-6-14-27(22)24(29)19-7-5-8-20(16-19)26-32(30,31)21-12-10-18(11-13-21)15-17(2)3/h5,7-8,10-13,16-17,22,26H,4,6,9,14-15H2,1-3H3,(H,25,28). The van der Waals surface area contributed by atoms with Crippen molar-refractivity contribution >= 4 is 27.5 Å². The number of amides is 2. The van der Waals surface area contributed by atoms with Crippen LogP contribution in [0.15, 0.2) is 53.4 Å². The summed E-state index contributed by atoms with van der Waals surface area (Å²) in [5.41, 5.74) is 1.73. The fourth-order valence-electron chi connectivity index (χ4n) is 3.95. The number of carbonyl (C=O) groups excluding carboxylic acids is 2. The van der Waals surface area contributed by atoms with Crippen molar-refractivity contribution in [1.29, 1.82) is 0 Å². The third-order valence-electron chi connectivity index (χ3n) is 5.41. The topological polar surface area (TPSA) is 95.6 Å². The van der Waals surface area contributed by atoms with E-state index >= 15 is 0 Å². The minimum atomic E-state index is -3.79. The molecule has 3 rings (SSSR count). The average Bonchev–Trinajstić information content (AvgIpc) is 3.23. The van der Waals surface area contributed by atoms with Gasteiger partial charge in [-0.15, -0.1) is 0 Å². The maximum absolute atomic E-state index is 13.0. The van der Waals surface area contributed by atoms with Crippen LogP contribution in [-0.2, 0) is 21.2 Å². The summed E-state index contributed by atoms with van der Waals surface area (Å²) in [6.07, 6.45) is 2.26. The van der Waals surface area contributed by atoms with Crippen molar-refractivity contribution in [2.75, 3.05) is 17.8 Å².